The topological polar surface area (TPSA) is 149 Å². The van der Waals surface area contributed by atoms with E-state index in [1.807, 2.05) is 24.3 Å². The maximum Gasteiger partial charge on any atom is 0.298 e. The van der Waals surface area contributed by atoms with Gasteiger partial charge in [-0.2, -0.15) is 31.0 Å². The summed E-state index contributed by atoms with van der Waals surface area (Å²) in [7, 11) is 3.16. The van der Waals surface area contributed by atoms with E-state index in [-0.39, 0.29) is 48.0 Å². The lowest BCUT2D eigenvalue weighted by Gasteiger charge is -2.07. The van der Waals surface area contributed by atoms with Crippen LogP contribution in [0, 0.1) is 45.3 Å². The summed E-state index contributed by atoms with van der Waals surface area (Å²) in [6.07, 6.45) is 0.466. The Hall–Kier alpha value is -4.02. The number of nitrogens with zero attached hydrogens (tertiary/aromatic N) is 8. The van der Waals surface area contributed by atoms with Gasteiger partial charge in [0.2, 0.25) is 0 Å². The largest absolute Gasteiger partial charge is 0.464 e. The molecule has 0 aliphatic heterocycles. The highest BCUT2D eigenvalue weighted by molar-refractivity contribution is 5.39. The van der Waals surface area contributed by atoms with Crippen molar-refractivity contribution in [3.63, 3.8) is 0 Å². The number of ether oxygens (including phenoxy) is 2. The first-order valence-electron chi connectivity index (χ1n) is 7.06. The molecule has 0 amide bonds. The zero-order valence-electron chi connectivity index (χ0n) is 13.5. The third kappa shape index (κ3) is 3.34. The predicted octanol–water partition coefficient (Wildman–Crippen LogP) is 0.488. The molecule has 2 aromatic heterocycles. The van der Waals surface area contributed by atoms with Gasteiger partial charge in [-0.1, -0.05) is 0 Å². The first-order chi connectivity index (χ1) is 12.1. The normalized spacial score (nSPS) is 9.52. The number of hydrogen-bond donors (Lipinski definition) is 0. The summed E-state index contributed by atoms with van der Waals surface area (Å²) in [5, 5.41) is 35.8. The third-order valence-electron chi connectivity index (χ3n) is 3.28. The fourth-order valence-electron chi connectivity index (χ4n) is 2.01. The van der Waals surface area contributed by atoms with Crippen LogP contribution in [0.1, 0.15) is 29.2 Å². The van der Waals surface area contributed by atoms with Gasteiger partial charge in [-0.25, -0.2) is 0 Å². The van der Waals surface area contributed by atoms with Crippen molar-refractivity contribution >= 4 is 0 Å². The molecule has 0 unspecified atom stereocenters. The molecule has 0 spiro atoms. The molecule has 0 aliphatic rings. The Kier molecular flexibility index (Phi) is 5.20. The van der Waals surface area contributed by atoms with Gasteiger partial charge in [-0.05, 0) is 0 Å². The molecular weight excluding hydrogens is 324 g/mol. The summed E-state index contributed by atoms with van der Waals surface area (Å²) in [5.41, 5.74) is 0.291. The molecule has 0 fully saturated rings. The molecule has 0 saturated heterocycles. The van der Waals surface area contributed by atoms with Crippen molar-refractivity contribution in [3.05, 3.63) is 22.8 Å². The Labute approximate surface area is 143 Å². The van der Waals surface area contributed by atoms with E-state index in [2.05, 4.69) is 9.97 Å². The molecule has 2 heterocycles. The molecule has 0 atom stereocenters. The van der Waals surface area contributed by atoms with Gasteiger partial charge in [-0.3, -0.25) is 9.13 Å². The highest BCUT2D eigenvalue weighted by Crippen LogP contribution is 2.16. The number of hydrogen-bond acceptors (Lipinski definition) is 8. The second-order valence-corrected chi connectivity index (χ2v) is 4.80. The molecule has 0 radical (unpaired) electrons. The first kappa shape index (κ1) is 17.3. The van der Waals surface area contributed by atoms with E-state index in [0.717, 1.165) is 0 Å². The molecule has 10 nitrogen and oxygen atoms in total. The molecule has 0 aromatic carbocycles. The van der Waals surface area contributed by atoms with Crippen LogP contribution < -0.4 is 9.47 Å². The summed E-state index contributed by atoms with van der Waals surface area (Å²) < 4.78 is 13.7. The average molecular weight is 336 g/mol. The molecule has 2 rings (SSSR count). The fourth-order valence-corrected chi connectivity index (χ4v) is 2.01. The molecule has 124 valence electrons. The Morgan fingerprint density at radius 3 is 1.44 bits per heavy atom. The summed E-state index contributed by atoms with van der Waals surface area (Å²) in [6, 6.07) is 7.79. The van der Waals surface area contributed by atoms with Gasteiger partial charge in [0.1, 0.15) is 24.3 Å². The van der Waals surface area contributed by atoms with Crippen LogP contribution in [0.15, 0.2) is 0 Å². The standard InChI is InChI=1S/C15H12N8O2/c1-22-12(8-18)10(6-16)20-14(22)24-4-3-5-25-15-21-11(7-17)13(9-19)23(15)2/h3-5H2,1-2H3. The zero-order valence-corrected chi connectivity index (χ0v) is 13.5. The molecule has 2 aromatic rings. The van der Waals surface area contributed by atoms with Gasteiger partial charge in [0.25, 0.3) is 12.0 Å². The lowest BCUT2D eigenvalue weighted by atomic mass is 10.4. The van der Waals surface area contributed by atoms with Crippen LogP contribution in [0.4, 0.5) is 0 Å². The van der Waals surface area contributed by atoms with Gasteiger partial charge in [0.15, 0.2) is 22.8 Å². The lowest BCUT2D eigenvalue weighted by molar-refractivity contribution is 0.219. The minimum atomic E-state index is 0.0114. The van der Waals surface area contributed by atoms with Crippen molar-refractivity contribution in [1.29, 1.82) is 21.0 Å². The van der Waals surface area contributed by atoms with Crippen LogP contribution in [0.3, 0.4) is 0 Å². The van der Waals surface area contributed by atoms with Crippen LogP contribution in [0.25, 0.3) is 0 Å². The summed E-state index contributed by atoms with van der Waals surface area (Å²) >= 11 is 0. The molecule has 0 bridgehead atoms. The van der Waals surface area contributed by atoms with Crippen molar-refractivity contribution in [1.82, 2.24) is 19.1 Å². The van der Waals surface area contributed by atoms with Gasteiger partial charge in [0.05, 0.1) is 13.2 Å². The quantitative estimate of drug-likeness (QED) is 0.691. The third-order valence-corrected chi connectivity index (χ3v) is 3.28. The Morgan fingerprint density at radius 1 is 0.760 bits per heavy atom. The van der Waals surface area contributed by atoms with Crippen LogP contribution in [-0.2, 0) is 14.1 Å². The SMILES string of the molecule is Cn1c(OCCCOc2nc(C#N)c(C#N)n2C)nc(C#N)c1C#N. The van der Waals surface area contributed by atoms with Crippen molar-refractivity contribution in [2.24, 2.45) is 14.1 Å². The van der Waals surface area contributed by atoms with Gasteiger partial charge < -0.3 is 9.47 Å². The summed E-state index contributed by atoms with van der Waals surface area (Å²) in [5.74, 6) is 0. The molecule has 0 N–H and O–H groups in total. The minimum absolute atomic E-state index is 0.0114. The Bertz CT molecular complexity index is 880. The highest BCUT2D eigenvalue weighted by Gasteiger charge is 2.16. The molecule has 10 heteroatoms. The number of rotatable bonds is 6. The minimum Gasteiger partial charge on any atom is -0.464 e. The van der Waals surface area contributed by atoms with E-state index in [0.29, 0.717) is 6.42 Å². The molecule has 0 saturated carbocycles. The van der Waals surface area contributed by atoms with E-state index < -0.39 is 0 Å². The smallest absolute Gasteiger partial charge is 0.298 e. The van der Waals surface area contributed by atoms with E-state index in [1.165, 1.54) is 9.13 Å². The summed E-state index contributed by atoms with van der Waals surface area (Å²) in [4.78, 5) is 7.87. The molecular formula is C15H12N8O2. The van der Waals surface area contributed by atoms with E-state index in [9.17, 15) is 0 Å². The predicted molar refractivity (Wildman–Crippen MR) is 80.9 cm³/mol. The highest BCUT2D eigenvalue weighted by atomic mass is 16.5. The van der Waals surface area contributed by atoms with Gasteiger partial charge in [0, 0.05) is 20.5 Å². The zero-order chi connectivity index (χ0) is 18.4. The van der Waals surface area contributed by atoms with Crippen LogP contribution >= 0.6 is 0 Å². The second-order valence-electron chi connectivity index (χ2n) is 4.80. The maximum atomic E-state index is 8.98. The Morgan fingerprint density at radius 2 is 1.16 bits per heavy atom. The molecule has 0 aliphatic carbocycles. The van der Waals surface area contributed by atoms with Crippen molar-refractivity contribution in [2.75, 3.05) is 13.2 Å². The van der Waals surface area contributed by atoms with Gasteiger partial charge >= 0.3 is 0 Å². The first-order valence-corrected chi connectivity index (χ1v) is 7.06. The second kappa shape index (κ2) is 7.50. The van der Waals surface area contributed by atoms with Crippen LogP contribution in [-0.4, -0.2) is 32.3 Å². The lowest BCUT2D eigenvalue weighted by Crippen LogP contribution is -2.09. The summed E-state index contributed by atoms with van der Waals surface area (Å²) in [6.45, 7) is 0.475. The molecule has 25 heavy (non-hydrogen) atoms. The number of nitriles is 4. The van der Waals surface area contributed by atoms with Crippen molar-refractivity contribution in [3.8, 4) is 36.3 Å². The van der Waals surface area contributed by atoms with Crippen LogP contribution in [0.2, 0.25) is 0 Å². The number of imidazole rings is 2. The van der Waals surface area contributed by atoms with E-state index >= 15 is 0 Å². The van der Waals surface area contributed by atoms with E-state index in [1.54, 1.807) is 14.1 Å². The fraction of sp³-hybridized carbons (Fsp3) is 0.333. The van der Waals surface area contributed by atoms with Crippen molar-refractivity contribution in [2.45, 2.75) is 6.42 Å². The van der Waals surface area contributed by atoms with Crippen molar-refractivity contribution < 1.29 is 9.47 Å². The average Bonchev–Trinajstić information content (AvgIpc) is 3.10. The number of aromatic nitrogens is 4. The monoisotopic (exact) mass is 336 g/mol. The van der Waals surface area contributed by atoms with Crippen LogP contribution in [0.5, 0.6) is 12.0 Å². The Balaban J connectivity index is 1.90. The van der Waals surface area contributed by atoms with E-state index in [4.69, 9.17) is 30.5 Å². The maximum absolute atomic E-state index is 8.98. The van der Waals surface area contributed by atoms with Gasteiger partial charge in [-0.15, -0.1) is 0 Å².